The number of hydrogen-bond donors (Lipinski definition) is 1. The van der Waals surface area contributed by atoms with Gasteiger partial charge in [0.05, 0.1) is 10.9 Å². The van der Waals surface area contributed by atoms with Crippen LogP contribution in [-0.2, 0) is 6.42 Å². The van der Waals surface area contributed by atoms with Crippen molar-refractivity contribution in [1.82, 2.24) is 10.3 Å². The largest absolute Gasteiger partial charge is 0.309 e. The van der Waals surface area contributed by atoms with Gasteiger partial charge in [-0.25, -0.2) is 4.98 Å². The van der Waals surface area contributed by atoms with Crippen LogP contribution in [0.2, 0.25) is 0 Å². The molecule has 1 aliphatic heterocycles. The Kier molecular flexibility index (Phi) is 3.93. The lowest BCUT2D eigenvalue weighted by molar-refractivity contribution is 0.260. The van der Waals surface area contributed by atoms with Gasteiger partial charge in [0.1, 0.15) is 5.01 Å². The SMILES string of the molecule is CCNC1CC(C)(C)Cc2nc(C3CCCS3)sc21. The number of thioether (sulfide) groups is 1. The first-order valence-corrected chi connectivity index (χ1v) is 9.30. The van der Waals surface area contributed by atoms with Gasteiger partial charge in [0.2, 0.25) is 0 Å². The van der Waals surface area contributed by atoms with Crippen LogP contribution in [-0.4, -0.2) is 17.3 Å². The molecule has 2 aliphatic rings. The third-order valence-electron chi connectivity index (χ3n) is 4.12. The fourth-order valence-corrected chi connectivity index (χ4v) is 5.94. The topological polar surface area (TPSA) is 24.9 Å². The Labute approximate surface area is 124 Å². The summed E-state index contributed by atoms with van der Waals surface area (Å²) in [6, 6.07) is 0.529. The number of rotatable bonds is 3. The zero-order valence-corrected chi connectivity index (χ0v) is 13.8. The van der Waals surface area contributed by atoms with Crippen molar-refractivity contribution in [2.75, 3.05) is 12.3 Å². The van der Waals surface area contributed by atoms with E-state index in [0.717, 1.165) is 13.0 Å². The zero-order chi connectivity index (χ0) is 13.5. The van der Waals surface area contributed by atoms with Crippen molar-refractivity contribution in [3.8, 4) is 0 Å². The number of hydrogen-bond acceptors (Lipinski definition) is 4. The highest BCUT2D eigenvalue weighted by atomic mass is 32.2. The lowest BCUT2D eigenvalue weighted by atomic mass is 9.76. The summed E-state index contributed by atoms with van der Waals surface area (Å²) in [5.41, 5.74) is 1.77. The lowest BCUT2D eigenvalue weighted by Gasteiger charge is -2.34. The van der Waals surface area contributed by atoms with Crippen LogP contribution in [0.1, 0.15) is 66.9 Å². The molecule has 0 spiro atoms. The predicted molar refractivity (Wildman–Crippen MR) is 85.1 cm³/mol. The van der Waals surface area contributed by atoms with E-state index >= 15 is 0 Å². The molecule has 0 amide bonds. The minimum atomic E-state index is 0.383. The molecule has 2 nitrogen and oxygen atoms in total. The van der Waals surface area contributed by atoms with Crippen LogP contribution < -0.4 is 5.32 Å². The summed E-state index contributed by atoms with van der Waals surface area (Å²) < 4.78 is 0. The molecule has 19 heavy (non-hydrogen) atoms. The second kappa shape index (κ2) is 5.38. The van der Waals surface area contributed by atoms with Gasteiger partial charge >= 0.3 is 0 Å². The van der Waals surface area contributed by atoms with Crippen molar-refractivity contribution < 1.29 is 0 Å². The number of aromatic nitrogens is 1. The van der Waals surface area contributed by atoms with Crippen molar-refractivity contribution in [3.05, 3.63) is 15.6 Å². The summed E-state index contributed by atoms with van der Waals surface area (Å²) >= 11 is 4.09. The van der Waals surface area contributed by atoms with Gasteiger partial charge in [-0.2, -0.15) is 11.8 Å². The van der Waals surface area contributed by atoms with Crippen molar-refractivity contribution in [1.29, 1.82) is 0 Å². The highest BCUT2D eigenvalue weighted by molar-refractivity contribution is 7.99. The molecule has 1 aromatic heterocycles. The molecule has 0 radical (unpaired) electrons. The second-order valence-corrected chi connectivity index (χ2v) is 8.89. The quantitative estimate of drug-likeness (QED) is 0.898. The Balaban J connectivity index is 1.90. The zero-order valence-electron chi connectivity index (χ0n) is 12.2. The molecule has 1 N–H and O–H groups in total. The molecule has 1 fully saturated rings. The standard InChI is InChI=1S/C15H24N2S2/c1-4-16-10-8-15(2,3)9-11-13(10)19-14(17-11)12-6-5-7-18-12/h10,12,16H,4-9H2,1-3H3. The summed E-state index contributed by atoms with van der Waals surface area (Å²) in [6.07, 6.45) is 5.08. The van der Waals surface area contributed by atoms with Gasteiger partial charge in [0, 0.05) is 10.9 Å². The van der Waals surface area contributed by atoms with Gasteiger partial charge in [-0.1, -0.05) is 20.8 Å². The van der Waals surface area contributed by atoms with Crippen molar-refractivity contribution >= 4 is 23.1 Å². The number of thiazole rings is 1. The van der Waals surface area contributed by atoms with Crippen LogP contribution in [0.15, 0.2) is 0 Å². The van der Waals surface area contributed by atoms with E-state index in [2.05, 4.69) is 37.8 Å². The Morgan fingerprint density at radius 3 is 2.95 bits per heavy atom. The minimum absolute atomic E-state index is 0.383. The Hall–Kier alpha value is -0.0600. The minimum Gasteiger partial charge on any atom is -0.309 e. The summed E-state index contributed by atoms with van der Waals surface area (Å²) in [6.45, 7) is 8.01. The van der Waals surface area contributed by atoms with E-state index in [1.54, 1.807) is 0 Å². The molecule has 0 aromatic carbocycles. The maximum absolute atomic E-state index is 5.02. The molecule has 106 valence electrons. The maximum atomic E-state index is 5.02. The molecule has 2 atom stereocenters. The van der Waals surface area contributed by atoms with Gasteiger partial charge in [-0.05, 0) is 43.4 Å². The average molecular weight is 297 g/mol. The van der Waals surface area contributed by atoms with Crippen molar-refractivity contribution in [2.24, 2.45) is 5.41 Å². The molecule has 1 saturated heterocycles. The molecule has 3 rings (SSSR count). The highest BCUT2D eigenvalue weighted by Gasteiger charge is 2.35. The molecule has 0 bridgehead atoms. The highest BCUT2D eigenvalue weighted by Crippen LogP contribution is 2.47. The molecule has 2 heterocycles. The number of nitrogens with one attached hydrogen (secondary N) is 1. The molecular weight excluding hydrogens is 272 g/mol. The number of fused-ring (bicyclic) bond motifs is 1. The van der Waals surface area contributed by atoms with Gasteiger partial charge in [-0.3, -0.25) is 0 Å². The summed E-state index contributed by atoms with van der Waals surface area (Å²) in [7, 11) is 0. The van der Waals surface area contributed by atoms with Gasteiger partial charge in [0.15, 0.2) is 0 Å². The predicted octanol–water partition coefficient (Wildman–Crippen LogP) is 4.33. The fourth-order valence-electron chi connectivity index (χ4n) is 3.27. The third kappa shape index (κ3) is 2.86. The fraction of sp³-hybridized carbons (Fsp3) is 0.800. The molecule has 0 saturated carbocycles. The van der Waals surface area contributed by atoms with E-state index in [9.17, 15) is 0 Å². The average Bonchev–Trinajstić information content (AvgIpc) is 2.94. The van der Waals surface area contributed by atoms with E-state index in [0.29, 0.717) is 16.7 Å². The van der Waals surface area contributed by atoms with Crippen LogP contribution in [0.3, 0.4) is 0 Å². The smallest absolute Gasteiger partial charge is 0.106 e. The van der Waals surface area contributed by atoms with E-state index in [1.807, 2.05) is 11.3 Å². The van der Waals surface area contributed by atoms with E-state index in [-0.39, 0.29) is 0 Å². The molecule has 4 heteroatoms. The summed E-state index contributed by atoms with van der Waals surface area (Å²) in [5, 5.41) is 5.74. The van der Waals surface area contributed by atoms with E-state index in [1.165, 1.54) is 40.6 Å². The normalized spacial score (nSPS) is 29.4. The molecule has 1 aliphatic carbocycles. The van der Waals surface area contributed by atoms with Crippen LogP contribution >= 0.6 is 23.1 Å². The first-order valence-electron chi connectivity index (χ1n) is 7.43. The van der Waals surface area contributed by atoms with E-state index < -0.39 is 0 Å². The van der Waals surface area contributed by atoms with Crippen LogP contribution in [0.25, 0.3) is 0 Å². The van der Waals surface area contributed by atoms with Crippen LogP contribution in [0.5, 0.6) is 0 Å². The monoisotopic (exact) mass is 296 g/mol. The summed E-state index contributed by atoms with van der Waals surface area (Å²) in [4.78, 5) is 6.55. The maximum Gasteiger partial charge on any atom is 0.106 e. The van der Waals surface area contributed by atoms with Gasteiger partial charge < -0.3 is 5.32 Å². The summed E-state index contributed by atoms with van der Waals surface area (Å²) in [5.74, 6) is 1.32. The van der Waals surface area contributed by atoms with Gasteiger partial charge in [0.25, 0.3) is 0 Å². The van der Waals surface area contributed by atoms with Gasteiger partial charge in [-0.15, -0.1) is 11.3 Å². The Morgan fingerprint density at radius 1 is 1.42 bits per heavy atom. The first kappa shape index (κ1) is 13.9. The van der Waals surface area contributed by atoms with Crippen molar-refractivity contribution in [2.45, 2.75) is 57.7 Å². The van der Waals surface area contributed by atoms with Crippen LogP contribution in [0.4, 0.5) is 0 Å². The third-order valence-corrected chi connectivity index (χ3v) is 6.98. The lowest BCUT2D eigenvalue weighted by Crippen LogP contribution is -2.32. The van der Waals surface area contributed by atoms with Crippen molar-refractivity contribution in [3.63, 3.8) is 0 Å². The Bertz CT molecular complexity index is 447. The van der Waals surface area contributed by atoms with Crippen LogP contribution in [0, 0.1) is 5.41 Å². The molecular formula is C15H24N2S2. The Morgan fingerprint density at radius 2 is 2.26 bits per heavy atom. The number of nitrogens with zero attached hydrogens (tertiary/aromatic N) is 1. The molecule has 2 unspecified atom stereocenters. The second-order valence-electron chi connectivity index (χ2n) is 6.52. The first-order chi connectivity index (χ1) is 9.09. The molecule has 1 aromatic rings. The van der Waals surface area contributed by atoms with E-state index in [4.69, 9.17) is 4.98 Å².